The number of amides is 1. The first-order valence-corrected chi connectivity index (χ1v) is 5.92. The summed E-state index contributed by atoms with van der Waals surface area (Å²) >= 11 is 0. The molecule has 2 N–H and O–H groups in total. The van der Waals surface area contributed by atoms with Gasteiger partial charge in [-0.2, -0.15) is 0 Å². The fraction of sp³-hybridized carbons (Fsp3) is 0.500. The maximum atomic E-state index is 13.5. The number of alkyl halides is 2. The number of halogens is 2. The highest BCUT2D eigenvalue weighted by molar-refractivity contribution is 5.82. The normalized spacial score (nSPS) is 11.9. The molecule has 1 aromatic rings. The quantitative estimate of drug-likeness (QED) is 0.885. The van der Waals surface area contributed by atoms with Gasteiger partial charge in [0.15, 0.2) is 0 Å². The molecule has 1 amide bonds. The molecular weight excluding hydrogens is 288 g/mol. The Morgan fingerprint density at radius 3 is 2.24 bits per heavy atom. The number of nitrogens with zero attached hydrogens (tertiary/aromatic N) is 2. The van der Waals surface area contributed by atoms with Crippen LogP contribution in [0.15, 0.2) is 12.4 Å². The monoisotopic (exact) mass is 303 g/mol. The molecule has 0 fully saturated rings. The van der Waals surface area contributed by atoms with E-state index in [1.807, 2.05) is 0 Å². The molecule has 0 aliphatic carbocycles. The Kier molecular flexibility index (Phi) is 4.77. The Labute approximate surface area is 119 Å². The fourth-order valence-corrected chi connectivity index (χ4v) is 1.27. The number of carbonyl (C=O) groups excluding carboxylic acids is 1. The lowest BCUT2D eigenvalue weighted by atomic mass is 10.1. The lowest BCUT2D eigenvalue weighted by Gasteiger charge is -2.19. The van der Waals surface area contributed by atoms with Crippen molar-refractivity contribution in [2.24, 2.45) is 0 Å². The molecule has 0 aromatic carbocycles. The molecular formula is C12H15F2N3O4. The van der Waals surface area contributed by atoms with Crippen LogP contribution in [0, 0.1) is 0 Å². The van der Waals surface area contributed by atoms with E-state index in [1.165, 1.54) is 0 Å². The van der Waals surface area contributed by atoms with E-state index in [-0.39, 0.29) is 5.95 Å². The van der Waals surface area contributed by atoms with E-state index in [1.54, 1.807) is 20.8 Å². The Morgan fingerprint density at radius 1 is 1.29 bits per heavy atom. The third-order valence-electron chi connectivity index (χ3n) is 2.06. The zero-order chi connectivity index (χ0) is 16.3. The Balaban J connectivity index is 2.74. The standard InChI is InChI=1S/C12H15F2N3O4/c1-11(2,3)21-10(20)17-9-15-5-7(6-16-9)12(13,14)4-8(18)19/h5-6H,4H2,1-3H3,(H,18,19)(H,15,16,17,20). The number of carbonyl (C=O) groups is 2. The minimum absolute atomic E-state index is 0.223. The van der Waals surface area contributed by atoms with Crippen LogP contribution in [-0.4, -0.2) is 32.7 Å². The molecule has 1 rings (SSSR count). The van der Waals surface area contributed by atoms with E-state index in [9.17, 15) is 18.4 Å². The molecule has 0 unspecified atom stereocenters. The predicted molar refractivity (Wildman–Crippen MR) is 68.0 cm³/mol. The van der Waals surface area contributed by atoms with Gasteiger partial charge in [0.25, 0.3) is 5.92 Å². The van der Waals surface area contributed by atoms with E-state index in [0.717, 1.165) is 12.4 Å². The van der Waals surface area contributed by atoms with E-state index in [2.05, 4.69) is 15.3 Å². The number of aromatic nitrogens is 2. The number of carboxylic acid groups (broad SMARTS) is 1. The van der Waals surface area contributed by atoms with Crippen molar-refractivity contribution in [3.8, 4) is 0 Å². The van der Waals surface area contributed by atoms with Gasteiger partial charge in [-0.25, -0.2) is 23.5 Å². The summed E-state index contributed by atoms with van der Waals surface area (Å²) in [6.07, 6.45) is -0.687. The summed E-state index contributed by atoms with van der Waals surface area (Å²) < 4.78 is 31.8. The fourth-order valence-electron chi connectivity index (χ4n) is 1.27. The van der Waals surface area contributed by atoms with Crippen LogP contribution in [0.5, 0.6) is 0 Å². The Bertz CT molecular complexity index is 526. The highest BCUT2D eigenvalue weighted by Gasteiger charge is 2.35. The summed E-state index contributed by atoms with van der Waals surface area (Å²) in [5, 5.41) is 10.6. The first kappa shape index (κ1) is 16.7. The van der Waals surface area contributed by atoms with Gasteiger partial charge in [-0.3, -0.25) is 10.1 Å². The van der Waals surface area contributed by atoms with Gasteiger partial charge < -0.3 is 9.84 Å². The number of hydrogen-bond acceptors (Lipinski definition) is 5. The SMILES string of the molecule is CC(C)(C)OC(=O)Nc1ncc(C(F)(F)CC(=O)O)cn1. The molecule has 0 radical (unpaired) electrons. The van der Waals surface area contributed by atoms with Gasteiger partial charge in [-0.05, 0) is 20.8 Å². The Hall–Kier alpha value is -2.32. The van der Waals surface area contributed by atoms with Crippen molar-refractivity contribution in [3.05, 3.63) is 18.0 Å². The molecule has 9 heteroatoms. The van der Waals surface area contributed by atoms with E-state index >= 15 is 0 Å². The summed E-state index contributed by atoms with van der Waals surface area (Å²) in [6.45, 7) is 4.97. The molecule has 0 saturated carbocycles. The number of ether oxygens (including phenoxy) is 1. The zero-order valence-corrected chi connectivity index (χ0v) is 11.7. The molecule has 21 heavy (non-hydrogen) atoms. The lowest BCUT2D eigenvalue weighted by molar-refractivity contribution is -0.145. The molecule has 0 spiro atoms. The van der Waals surface area contributed by atoms with Crippen LogP contribution in [0.3, 0.4) is 0 Å². The molecule has 0 saturated heterocycles. The van der Waals surface area contributed by atoms with Crippen molar-refractivity contribution >= 4 is 18.0 Å². The van der Waals surface area contributed by atoms with Crippen LogP contribution < -0.4 is 5.32 Å². The average Bonchev–Trinajstić information content (AvgIpc) is 2.24. The number of nitrogens with one attached hydrogen (secondary N) is 1. The number of rotatable bonds is 4. The molecule has 116 valence electrons. The van der Waals surface area contributed by atoms with Crippen LogP contribution in [0.4, 0.5) is 19.5 Å². The average molecular weight is 303 g/mol. The summed E-state index contributed by atoms with van der Waals surface area (Å²) in [4.78, 5) is 28.8. The minimum atomic E-state index is -3.59. The van der Waals surface area contributed by atoms with Crippen LogP contribution in [0.25, 0.3) is 0 Å². The third-order valence-corrected chi connectivity index (χ3v) is 2.06. The minimum Gasteiger partial charge on any atom is -0.481 e. The van der Waals surface area contributed by atoms with Gasteiger partial charge in [0.05, 0.1) is 5.56 Å². The third kappa shape index (κ3) is 5.67. The number of anilines is 1. The Morgan fingerprint density at radius 2 is 1.81 bits per heavy atom. The highest BCUT2D eigenvalue weighted by Crippen LogP contribution is 2.30. The largest absolute Gasteiger partial charge is 0.481 e. The van der Waals surface area contributed by atoms with Crippen molar-refractivity contribution < 1.29 is 28.2 Å². The second kappa shape index (κ2) is 5.98. The first-order valence-electron chi connectivity index (χ1n) is 5.92. The van der Waals surface area contributed by atoms with Crippen LogP contribution in [0.1, 0.15) is 32.8 Å². The summed E-state index contributed by atoms with van der Waals surface area (Å²) in [6, 6.07) is 0. The smallest absolute Gasteiger partial charge is 0.414 e. The highest BCUT2D eigenvalue weighted by atomic mass is 19.3. The molecule has 1 aromatic heterocycles. The van der Waals surface area contributed by atoms with Gasteiger partial charge in [0.2, 0.25) is 5.95 Å². The maximum absolute atomic E-state index is 13.5. The topological polar surface area (TPSA) is 101 Å². The van der Waals surface area contributed by atoms with E-state index in [0.29, 0.717) is 0 Å². The molecule has 0 bridgehead atoms. The molecule has 0 aliphatic heterocycles. The van der Waals surface area contributed by atoms with Gasteiger partial charge in [-0.1, -0.05) is 0 Å². The number of hydrogen-bond donors (Lipinski definition) is 2. The maximum Gasteiger partial charge on any atom is 0.414 e. The van der Waals surface area contributed by atoms with Crippen molar-refractivity contribution in [2.75, 3.05) is 5.32 Å². The second-order valence-electron chi connectivity index (χ2n) is 5.20. The van der Waals surface area contributed by atoms with Crippen molar-refractivity contribution in [1.82, 2.24) is 9.97 Å². The van der Waals surface area contributed by atoms with Crippen molar-refractivity contribution in [1.29, 1.82) is 0 Å². The lowest BCUT2D eigenvalue weighted by Crippen LogP contribution is -2.28. The van der Waals surface area contributed by atoms with Crippen LogP contribution in [0.2, 0.25) is 0 Å². The second-order valence-corrected chi connectivity index (χ2v) is 5.20. The first-order chi connectivity index (χ1) is 9.49. The summed E-state index contributed by atoms with van der Waals surface area (Å²) in [7, 11) is 0. The van der Waals surface area contributed by atoms with E-state index in [4.69, 9.17) is 9.84 Å². The van der Waals surface area contributed by atoms with Crippen LogP contribution >= 0.6 is 0 Å². The summed E-state index contributed by atoms with van der Waals surface area (Å²) in [5.41, 5.74) is -1.38. The molecule has 0 aliphatic rings. The molecule has 1 heterocycles. The number of aliphatic carboxylic acids is 1. The van der Waals surface area contributed by atoms with Gasteiger partial charge in [0.1, 0.15) is 12.0 Å². The summed E-state index contributed by atoms with van der Waals surface area (Å²) in [5.74, 6) is -5.45. The predicted octanol–water partition coefficient (Wildman–Crippen LogP) is 2.39. The number of carboxylic acids is 1. The van der Waals surface area contributed by atoms with Crippen molar-refractivity contribution in [3.63, 3.8) is 0 Å². The van der Waals surface area contributed by atoms with Crippen molar-refractivity contribution in [2.45, 2.75) is 38.7 Å². The molecule has 7 nitrogen and oxygen atoms in total. The van der Waals surface area contributed by atoms with Crippen LogP contribution in [-0.2, 0) is 15.5 Å². The van der Waals surface area contributed by atoms with E-state index < -0.39 is 35.6 Å². The molecule has 0 atom stereocenters. The zero-order valence-electron chi connectivity index (χ0n) is 11.7. The van der Waals surface area contributed by atoms with Gasteiger partial charge in [0, 0.05) is 12.4 Å². The van der Waals surface area contributed by atoms with Gasteiger partial charge >= 0.3 is 12.1 Å². The van der Waals surface area contributed by atoms with Gasteiger partial charge in [-0.15, -0.1) is 0 Å².